The van der Waals surface area contributed by atoms with Gasteiger partial charge in [-0.3, -0.25) is 19.7 Å². The molecule has 0 radical (unpaired) electrons. The average molecular weight is 372 g/mol. The second kappa shape index (κ2) is 6.65. The van der Waals surface area contributed by atoms with Crippen LogP contribution in [0, 0.1) is 0 Å². The summed E-state index contributed by atoms with van der Waals surface area (Å²) in [5, 5.41) is 13.5. The van der Waals surface area contributed by atoms with Crippen molar-refractivity contribution in [3.63, 3.8) is 0 Å². The summed E-state index contributed by atoms with van der Waals surface area (Å²) in [6.07, 6.45) is 6.41. The van der Waals surface area contributed by atoms with E-state index in [-0.39, 0.29) is 11.6 Å². The first-order chi connectivity index (χ1) is 12.7. The number of aliphatic hydroxyl groups excluding tert-OH is 1. The molecule has 3 aliphatic heterocycles. The van der Waals surface area contributed by atoms with Crippen molar-refractivity contribution in [3.8, 4) is 0 Å². The maximum atomic E-state index is 10.3. The monoisotopic (exact) mass is 371 g/mol. The standard InChI is InChI=1S/C19H25N5OS/c25-17-6-16-9-22(8-15-2-1-3-20-7-15)12-19(24(16)10-17)13-23(14-19)11-18-21-4-5-26-18/h1-5,7,16-17,25H,6,8-14H2/t16-,17+/m0/s1. The molecule has 0 aliphatic carbocycles. The summed E-state index contributed by atoms with van der Waals surface area (Å²) in [5.41, 5.74) is 1.45. The maximum Gasteiger partial charge on any atom is 0.107 e. The van der Waals surface area contributed by atoms with Crippen LogP contribution in [0.3, 0.4) is 0 Å². The van der Waals surface area contributed by atoms with Crippen LogP contribution >= 0.6 is 11.3 Å². The molecular weight excluding hydrogens is 346 g/mol. The fourth-order valence-corrected chi connectivity index (χ4v) is 5.75. The number of aromatic nitrogens is 2. The molecule has 6 nitrogen and oxygen atoms in total. The smallest absolute Gasteiger partial charge is 0.107 e. The Bertz CT molecular complexity index is 734. The second-order valence-corrected chi connectivity index (χ2v) is 9.00. The van der Waals surface area contributed by atoms with E-state index >= 15 is 0 Å². The molecule has 0 aromatic carbocycles. The van der Waals surface area contributed by atoms with Crippen LogP contribution in [0.5, 0.6) is 0 Å². The summed E-state index contributed by atoms with van der Waals surface area (Å²) in [7, 11) is 0. The normalized spacial score (nSPS) is 29.0. The first-order valence-corrected chi connectivity index (χ1v) is 10.2. The molecule has 3 saturated heterocycles. The quantitative estimate of drug-likeness (QED) is 0.867. The van der Waals surface area contributed by atoms with Crippen molar-refractivity contribution in [2.75, 3.05) is 32.7 Å². The molecule has 0 amide bonds. The lowest BCUT2D eigenvalue weighted by Crippen LogP contribution is -2.77. The highest BCUT2D eigenvalue weighted by Gasteiger charge is 2.55. The van der Waals surface area contributed by atoms with Gasteiger partial charge in [0.2, 0.25) is 0 Å². The summed E-state index contributed by atoms with van der Waals surface area (Å²) in [4.78, 5) is 16.4. The van der Waals surface area contributed by atoms with E-state index in [0.717, 1.165) is 52.2 Å². The van der Waals surface area contributed by atoms with Gasteiger partial charge in [0.15, 0.2) is 0 Å². The third kappa shape index (κ3) is 3.08. The van der Waals surface area contributed by atoms with Crippen molar-refractivity contribution in [2.24, 2.45) is 0 Å². The predicted molar refractivity (Wildman–Crippen MR) is 101 cm³/mol. The molecule has 0 saturated carbocycles. The van der Waals surface area contributed by atoms with Gasteiger partial charge in [-0.05, 0) is 18.1 Å². The predicted octanol–water partition coefficient (Wildman–Crippen LogP) is 1.04. The van der Waals surface area contributed by atoms with Crippen molar-refractivity contribution < 1.29 is 5.11 Å². The first-order valence-electron chi connectivity index (χ1n) is 9.37. The Kier molecular flexibility index (Phi) is 4.29. The van der Waals surface area contributed by atoms with Crippen molar-refractivity contribution in [3.05, 3.63) is 46.7 Å². The topological polar surface area (TPSA) is 55.7 Å². The zero-order chi connectivity index (χ0) is 17.6. The largest absolute Gasteiger partial charge is 0.392 e. The van der Waals surface area contributed by atoms with E-state index in [1.54, 1.807) is 11.3 Å². The molecule has 7 heteroatoms. The lowest BCUT2D eigenvalue weighted by atomic mass is 9.83. The molecule has 0 bridgehead atoms. The molecule has 1 N–H and O–H groups in total. The van der Waals surface area contributed by atoms with Crippen molar-refractivity contribution >= 4 is 11.3 Å². The summed E-state index contributed by atoms with van der Waals surface area (Å²) in [5.74, 6) is 0. The number of piperazine rings is 1. The van der Waals surface area contributed by atoms with Crippen LogP contribution in [0.2, 0.25) is 0 Å². The highest BCUT2D eigenvalue weighted by Crippen LogP contribution is 2.39. The Labute approximate surface area is 158 Å². The first kappa shape index (κ1) is 16.8. The number of aliphatic hydroxyl groups is 1. The van der Waals surface area contributed by atoms with Crippen LogP contribution in [-0.2, 0) is 13.1 Å². The van der Waals surface area contributed by atoms with Gasteiger partial charge in [-0.1, -0.05) is 6.07 Å². The van der Waals surface area contributed by atoms with Gasteiger partial charge in [0.05, 0.1) is 18.2 Å². The number of fused-ring (bicyclic) bond motifs is 2. The number of thiazole rings is 1. The minimum Gasteiger partial charge on any atom is -0.392 e. The zero-order valence-electron chi connectivity index (χ0n) is 14.9. The van der Waals surface area contributed by atoms with Gasteiger partial charge >= 0.3 is 0 Å². The number of rotatable bonds is 4. The fraction of sp³-hybridized carbons (Fsp3) is 0.579. The zero-order valence-corrected chi connectivity index (χ0v) is 15.7. The molecule has 1 spiro atoms. The number of likely N-dealkylation sites (tertiary alicyclic amines) is 1. The third-order valence-electron chi connectivity index (χ3n) is 6.00. The molecule has 2 aromatic heterocycles. The summed E-state index contributed by atoms with van der Waals surface area (Å²) < 4.78 is 0. The van der Waals surface area contributed by atoms with E-state index in [1.807, 2.05) is 30.0 Å². The molecule has 26 heavy (non-hydrogen) atoms. The molecule has 5 rings (SSSR count). The van der Waals surface area contributed by atoms with Crippen LogP contribution in [-0.4, -0.2) is 80.2 Å². The van der Waals surface area contributed by atoms with Gasteiger partial charge in [-0.15, -0.1) is 11.3 Å². The maximum absolute atomic E-state index is 10.3. The Morgan fingerprint density at radius 2 is 2.04 bits per heavy atom. The molecule has 3 fully saturated rings. The van der Waals surface area contributed by atoms with Crippen LogP contribution in [0.1, 0.15) is 17.0 Å². The van der Waals surface area contributed by atoms with E-state index in [9.17, 15) is 5.11 Å². The number of hydrogen-bond acceptors (Lipinski definition) is 7. The minimum absolute atomic E-state index is 0.178. The van der Waals surface area contributed by atoms with E-state index in [1.165, 1.54) is 10.6 Å². The summed E-state index contributed by atoms with van der Waals surface area (Å²) in [6, 6.07) is 4.64. The number of hydrogen-bond donors (Lipinski definition) is 1. The molecule has 3 aliphatic rings. The van der Waals surface area contributed by atoms with Crippen LogP contribution in [0.25, 0.3) is 0 Å². The van der Waals surface area contributed by atoms with Gasteiger partial charge < -0.3 is 5.11 Å². The second-order valence-electron chi connectivity index (χ2n) is 8.02. The minimum atomic E-state index is -0.178. The Morgan fingerprint density at radius 3 is 2.81 bits per heavy atom. The molecular formula is C19H25N5OS. The van der Waals surface area contributed by atoms with E-state index in [4.69, 9.17) is 0 Å². The van der Waals surface area contributed by atoms with E-state index < -0.39 is 0 Å². The van der Waals surface area contributed by atoms with E-state index in [0.29, 0.717) is 6.04 Å². The lowest BCUT2D eigenvalue weighted by molar-refractivity contribution is -0.118. The molecule has 2 atom stereocenters. The van der Waals surface area contributed by atoms with Gasteiger partial charge in [0.1, 0.15) is 5.01 Å². The van der Waals surface area contributed by atoms with Gasteiger partial charge in [0.25, 0.3) is 0 Å². The van der Waals surface area contributed by atoms with Gasteiger partial charge in [-0.25, -0.2) is 4.98 Å². The molecule has 2 aromatic rings. The third-order valence-corrected chi connectivity index (χ3v) is 6.76. The van der Waals surface area contributed by atoms with E-state index in [2.05, 4.69) is 30.7 Å². The van der Waals surface area contributed by atoms with Crippen molar-refractivity contribution in [1.29, 1.82) is 0 Å². The highest BCUT2D eigenvalue weighted by atomic mass is 32.1. The Balaban J connectivity index is 1.30. The van der Waals surface area contributed by atoms with Crippen molar-refractivity contribution in [2.45, 2.75) is 37.2 Å². The number of nitrogens with zero attached hydrogens (tertiary/aromatic N) is 5. The summed E-state index contributed by atoms with van der Waals surface area (Å²) in [6.45, 7) is 6.97. The lowest BCUT2D eigenvalue weighted by Gasteiger charge is -2.61. The van der Waals surface area contributed by atoms with Crippen LogP contribution < -0.4 is 0 Å². The molecule has 5 heterocycles. The summed E-state index contributed by atoms with van der Waals surface area (Å²) >= 11 is 1.73. The van der Waals surface area contributed by atoms with Crippen LogP contribution in [0.15, 0.2) is 36.1 Å². The average Bonchev–Trinajstić information content (AvgIpc) is 3.23. The van der Waals surface area contributed by atoms with Gasteiger partial charge in [-0.2, -0.15) is 0 Å². The Morgan fingerprint density at radius 1 is 1.15 bits per heavy atom. The van der Waals surface area contributed by atoms with Crippen LogP contribution in [0.4, 0.5) is 0 Å². The fourth-order valence-electron chi connectivity index (χ4n) is 5.09. The van der Waals surface area contributed by atoms with Gasteiger partial charge in [0, 0.05) is 69.3 Å². The molecule has 138 valence electrons. The number of β-amino-alcohol motifs (C(OH)–C–C–N with tert-alkyl or cyclic N) is 1. The Hall–Kier alpha value is -1.38. The van der Waals surface area contributed by atoms with Crippen molar-refractivity contribution in [1.82, 2.24) is 24.7 Å². The SMILES string of the molecule is O[C@@H]1C[C@H]2CN(Cc3cccnc3)CC3(CN(Cc4nccs4)C3)N2C1. The molecule has 0 unspecified atom stereocenters. The highest BCUT2D eigenvalue weighted by molar-refractivity contribution is 7.09. The number of pyridine rings is 1.